The highest BCUT2D eigenvalue weighted by Crippen LogP contribution is 2.35. The van der Waals surface area contributed by atoms with Crippen molar-refractivity contribution in [1.82, 2.24) is 14.7 Å². The van der Waals surface area contributed by atoms with Crippen molar-refractivity contribution in [2.45, 2.75) is 0 Å². The van der Waals surface area contributed by atoms with Crippen molar-refractivity contribution in [3.8, 4) is 16.9 Å². The standard InChI is InChI=1S/C22H16BrN3OS2/c1-2-12-25-21(27)19(29-22(25)28)13-16-14-26(18-6-4-3-5-7-18)24-20(16)15-8-10-17(23)11-9-15/h2-11,13-14H,1,12H2/b19-13-. The molecule has 0 radical (unpaired) electrons. The summed E-state index contributed by atoms with van der Waals surface area (Å²) in [5.74, 6) is -0.103. The van der Waals surface area contributed by atoms with E-state index in [-0.39, 0.29) is 5.91 Å². The molecule has 7 heteroatoms. The van der Waals surface area contributed by atoms with Crippen LogP contribution in [0.5, 0.6) is 0 Å². The van der Waals surface area contributed by atoms with Gasteiger partial charge in [-0.1, -0.05) is 76.3 Å². The SMILES string of the molecule is C=CCN1C(=O)/C(=C/c2cn(-c3ccccc3)nc2-c2ccc(Br)cc2)SC1=S. The first-order valence-electron chi connectivity index (χ1n) is 8.84. The summed E-state index contributed by atoms with van der Waals surface area (Å²) >= 11 is 10.1. The van der Waals surface area contributed by atoms with Crippen molar-refractivity contribution in [1.29, 1.82) is 0 Å². The summed E-state index contributed by atoms with van der Waals surface area (Å²) in [5.41, 5.74) is 3.58. The van der Waals surface area contributed by atoms with E-state index < -0.39 is 0 Å². The molecule has 0 N–H and O–H groups in total. The third-order valence-corrected chi connectivity index (χ3v) is 6.26. The van der Waals surface area contributed by atoms with Crippen LogP contribution in [-0.4, -0.2) is 31.5 Å². The molecule has 1 aliphatic heterocycles. The van der Waals surface area contributed by atoms with Gasteiger partial charge in [0.15, 0.2) is 0 Å². The Bertz CT molecular complexity index is 1120. The molecule has 1 fully saturated rings. The molecular formula is C22H16BrN3OS2. The van der Waals surface area contributed by atoms with Crippen LogP contribution in [0.25, 0.3) is 23.0 Å². The number of rotatable bonds is 5. The Kier molecular flexibility index (Phi) is 5.80. The number of para-hydroxylation sites is 1. The number of aromatic nitrogens is 2. The molecule has 0 aliphatic carbocycles. The van der Waals surface area contributed by atoms with Crippen molar-refractivity contribution < 1.29 is 4.79 Å². The molecule has 0 atom stereocenters. The van der Waals surface area contributed by atoms with Crippen molar-refractivity contribution in [2.24, 2.45) is 0 Å². The van der Waals surface area contributed by atoms with Gasteiger partial charge < -0.3 is 0 Å². The molecule has 2 aromatic carbocycles. The third-order valence-electron chi connectivity index (χ3n) is 4.35. The highest BCUT2D eigenvalue weighted by molar-refractivity contribution is 9.10. The van der Waals surface area contributed by atoms with Gasteiger partial charge >= 0.3 is 0 Å². The summed E-state index contributed by atoms with van der Waals surface area (Å²) in [6.45, 7) is 4.11. The number of halogens is 1. The minimum atomic E-state index is -0.103. The molecule has 4 rings (SSSR count). The molecule has 144 valence electrons. The predicted molar refractivity (Wildman–Crippen MR) is 127 cm³/mol. The van der Waals surface area contributed by atoms with Crippen molar-refractivity contribution in [2.75, 3.05) is 6.54 Å². The Hall–Kier alpha value is -2.48. The van der Waals surface area contributed by atoms with E-state index in [1.165, 1.54) is 11.8 Å². The third kappa shape index (κ3) is 4.12. The number of hydrogen-bond acceptors (Lipinski definition) is 4. The van der Waals surface area contributed by atoms with Gasteiger partial charge in [0.2, 0.25) is 0 Å². The van der Waals surface area contributed by atoms with Gasteiger partial charge in [-0.15, -0.1) is 6.58 Å². The first-order valence-corrected chi connectivity index (χ1v) is 10.9. The zero-order valence-electron chi connectivity index (χ0n) is 15.3. The average Bonchev–Trinajstić information content (AvgIpc) is 3.26. The van der Waals surface area contributed by atoms with Gasteiger partial charge in [0.05, 0.1) is 16.3 Å². The predicted octanol–water partition coefficient (Wildman–Crippen LogP) is 5.69. The zero-order chi connectivity index (χ0) is 20.4. The van der Waals surface area contributed by atoms with E-state index in [0.29, 0.717) is 15.8 Å². The average molecular weight is 482 g/mol. The van der Waals surface area contributed by atoms with Gasteiger partial charge in [0.25, 0.3) is 5.91 Å². The highest BCUT2D eigenvalue weighted by Gasteiger charge is 2.31. The second kappa shape index (κ2) is 8.49. The van der Waals surface area contributed by atoms with Crippen molar-refractivity contribution in [3.63, 3.8) is 0 Å². The van der Waals surface area contributed by atoms with Gasteiger partial charge in [0.1, 0.15) is 4.32 Å². The highest BCUT2D eigenvalue weighted by atomic mass is 79.9. The fraction of sp³-hybridized carbons (Fsp3) is 0.0455. The maximum atomic E-state index is 12.7. The lowest BCUT2D eigenvalue weighted by Crippen LogP contribution is -2.27. The largest absolute Gasteiger partial charge is 0.289 e. The summed E-state index contributed by atoms with van der Waals surface area (Å²) < 4.78 is 3.37. The van der Waals surface area contributed by atoms with Crippen molar-refractivity contribution >= 4 is 56.2 Å². The number of carbonyl (C=O) groups is 1. The topological polar surface area (TPSA) is 38.1 Å². The number of nitrogens with zero attached hydrogens (tertiary/aromatic N) is 3. The normalized spacial score (nSPS) is 15.3. The first-order chi connectivity index (χ1) is 14.1. The van der Waals surface area contributed by atoms with Crippen LogP contribution in [0.3, 0.4) is 0 Å². The number of benzene rings is 2. The van der Waals surface area contributed by atoms with Crippen LogP contribution in [0.4, 0.5) is 0 Å². The number of thiocarbonyl (C=S) groups is 1. The van der Waals surface area contributed by atoms with Gasteiger partial charge in [-0.25, -0.2) is 4.68 Å². The zero-order valence-corrected chi connectivity index (χ0v) is 18.5. The Morgan fingerprint density at radius 3 is 2.55 bits per heavy atom. The molecule has 2 heterocycles. The second-order valence-corrected chi connectivity index (χ2v) is 8.89. The van der Waals surface area contributed by atoms with Crippen LogP contribution in [0.2, 0.25) is 0 Å². The number of hydrogen-bond donors (Lipinski definition) is 0. The molecule has 29 heavy (non-hydrogen) atoms. The second-order valence-electron chi connectivity index (χ2n) is 6.30. The molecule has 1 aliphatic rings. The molecule has 0 spiro atoms. The molecule has 0 bridgehead atoms. The minimum Gasteiger partial charge on any atom is -0.289 e. The van der Waals surface area contributed by atoms with Crippen LogP contribution in [0, 0.1) is 0 Å². The van der Waals surface area contributed by atoms with Gasteiger partial charge in [-0.05, 0) is 30.3 Å². The minimum absolute atomic E-state index is 0.103. The molecule has 0 unspecified atom stereocenters. The van der Waals surface area contributed by atoms with Crippen LogP contribution >= 0.6 is 39.9 Å². The fourth-order valence-electron chi connectivity index (χ4n) is 2.97. The molecule has 1 saturated heterocycles. The Morgan fingerprint density at radius 1 is 1.14 bits per heavy atom. The van der Waals surface area contributed by atoms with Gasteiger partial charge in [0, 0.05) is 28.3 Å². The summed E-state index contributed by atoms with van der Waals surface area (Å²) in [7, 11) is 0. The smallest absolute Gasteiger partial charge is 0.266 e. The lowest BCUT2D eigenvalue weighted by molar-refractivity contribution is -0.121. The van der Waals surface area contributed by atoms with E-state index in [9.17, 15) is 4.79 Å². The Balaban J connectivity index is 1.80. The summed E-state index contributed by atoms with van der Waals surface area (Å²) in [4.78, 5) is 14.9. The van der Waals surface area contributed by atoms with E-state index in [1.807, 2.05) is 71.6 Å². The first kappa shape index (κ1) is 19.8. The van der Waals surface area contributed by atoms with Gasteiger partial charge in [-0.3, -0.25) is 9.69 Å². The van der Waals surface area contributed by atoms with Gasteiger partial charge in [-0.2, -0.15) is 5.10 Å². The number of amides is 1. The maximum Gasteiger partial charge on any atom is 0.266 e. The lowest BCUT2D eigenvalue weighted by atomic mass is 10.1. The number of carbonyl (C=O) groups excluding carboxylic acids is 1. The van der Waals surface area contributed by atoms with Crippen LogP contribution in [0.15, 0.2) is 82.8 Å². The molecule has 4 nitrogen and oxygen atoms in total. The molecular weight excluding hydrogens is 466 g/mol. The van der Waals surface area contributed by atoms with E-state index in [4.69, 9.17) is 17.3 Å². The van der Waals surface area contributed by atoms with E-state index in [0.717, 1.165) is 27.0 Å². The molecule has 1 amide bonds. The van der Waals surface area contributed by atoms with E-state index >= 15 is 0 Å². The number of thioether (sulfide) groups is 1. The lowest BCUT2D eigenvalue weighted by Gasteiger charge is -2.10. The van der Waals surface area contributed by atoms with Crippen LogP contribution < -0.4 is 0 Å². The fourth-order valence-corrected chi connectivity index (χ4v) is 4.50. The molecule has 1 aromatic heterocycles. The van der Waals surface area contributed by atoms with Crippen molar-refractivity contribution in [3.05, 3.63) is 88.4 Å². The Morgan fingerprint density at radius 2 is 1.86 bits per heavy atom. The summed E-state index contributed by atoms with van der Waals surface area (Å²) in [6.07, 6.45) is 5.48. The molecule has 0 saturated carbocycles. The van der Waals surface area contributed by atoms with E-state index in [1.54, 1.807) is 11.0 Å². The quantitative estimate of drug-likeness (QED) is 0.266. The summed E-state index contributed by atoms with van der Waals surface area (Å²) in [6, 6.07) is 17.8. The monoisotopic (exact) mass is 481 g/mol. The molecule has 3 aromatic rings. The summed E-state index contributed by atoms with van der Waals surface area (Å²) in [5, 5.41) is 4.80. The van der Waals surface area contributed by atoms with Crippen LogP contribution in [0.1, 0.15) is 5.56 Å². The van der Waals surface area contributed by atoms with E-state index in [2.05, 4.69) is 22.5 Å². The maximum absolute atomic E-state index is 12.7. The Labute approximate surface area is 187 Å². The van der Waals surface area contributed by atoms with Crippen LogP contribution in [-0.2, 0) is 4.79 Å².